The minimum Gasteiger partial charge on any atom is -0.493 e. The molecule has 0 N–H and O–H groups in total. The van der Waals surface area contributed by atoms with Crippen LogP contribution in [-0.4, -0.2) is 28.3 Å². The van der Waals surface area contributed by atoms with Gasteiger partial charge in [0.05, 0.1) is 18.2 Å². The van der Waals surface area contributed by atoms with E-state index in [9.17, 15) is 9.18 Å². The van der Waals surface area contributed by atoms with Crippen LogP contribution in [0.25, 0.3) is 22.4 Å². The van der Waals surface area contributed by atoms with Gasteiger partial charge in [0.1, 0.15) is 5.82 Å². The van der Waals surface area contributed by atoms with Gasteiger partial charge in [0, 0.05) is 5.56 Å². The van der Waals surface area contributed by atoms with Gasteiger partial charge < -0.3 is 9.47 Å². The fourth-order valence-corrected chi connectivity index (χ4v) is 3.66. The maximum atomic E-state index is 13.1. The number of halogens is 1. The largest absolute Gasteiger partial charge is 0.493 e. The predicted octanol–water partition coefficient (Wildman–Crippen LogP) is 2.91. The minimum absolute atomic E-state index is 0.256. The molecule has 2 aromatic heterocycles. The van der Waals surface area contributed by atoms with Crippen LogP contribution in [0.4, 0.5) is 4.39 Å². The fourth-order valence-electron chi connectivity index (χ4n) is 2.76. The molecule has 0 saturated heterocycles. The first kappa shape index (κ1) is 18.1. The van der Waals surface area contributed by atoms with E-state index < -0.39 is 0 Å². The average Bonchev–Trinajstić information content (AvgIpc) is 3.23. The number of aromatic nitrogens is 3. The number of nitrogens with zero attached hydrogens (tertiary/aromatic N) is 3. The van der Waals surface area contributed by atoms with Gasteiger partial charge in [-0.25, -0.2) is 4.39 Å². The molecule has 6 nitrogen and oxygen atoms in total. The van der Waals surface area contributed by atoms with Crippen molar-refractivity contribution in [3.63, 3.8) is 0 Å². The van der Waals surface area contributed by atoms with Crippen molar-refractivity contribution in [1.82, 2.24) is 14.6 Å². The smallest absolute Gasteiger partial charge is 0.291 e. The van der Waals surface area contributed by atoms with Crippen molar-refractivity contribution in [3.8, 4) is 22.9 Å². The van der Waals surface area contributed by atoms with Gasteiger partial charge in [0.15, 0.2) is 17.3 Å². The van der Waals surface area contributed by atoms with E-state index in [1.807, 2.05) is 25.1 Å². The van der Waals surface area contributed by atoms with E-state index in [4.69, 9.17) is 9.47 Å². The maximum Gasteiger partial charge on any atom is 0.291 e. The molecule has 28 heavy (non-hydrogen) atoms. The zero-order chi connectivity index (χ0) is 19.7. The first-order valence-electron chi connectivity index (χ1n) is 8.57. The molecular formula is C20H16FN3O3S. The molecule has 0 fully saturated rings. The molecule has 142 valence electrons. The summed E-state index contributed by atoms with van der Waals surface area (Å²) < 4.78 is 25.7. The lowest BCUT2D eigenvalue weighted by atomic mass is 10.2. The summed E-state index contributed by atoms with van der Waals surface area (Å²) in [6.45, 7) is 2.44. The Hall–Kier alpha value is -3.26. The summed E-state index contributed by atoms with van der Waals surface area (Å²) in [5.41, 5.74) is 1.20. The molecule has 0 aliphatic rings. The van der Waals surface area contributed by atoms with Crippen LogP contribution in [-0.2, 0) is 0 Å². The monoisotopic (exact) mass is 397 g/mol. The highest BCUT2D eigenvalue weighted by Gasteiger charge is 2.12. The van der Waals surface area contributed by atoms with Crippen LogP contribution in [0.5, 0.6) is 11.5 Å². The van der Waals surface area contributed by atoms with Crippen molar-refractivity contribution >= 4 is 22.4 Å². The highest BCUT2D eigenvalue weighted by molar-refractivity contribution is 7.15. The Balaban J connectivity index is 1.74. The zero-order valence-corrected chi connectivity index (χ0v) is 16.0. The standard InChI is InChI=1S/C20H16FN3O3S/c1-3-27-15-9-4-12(10-16(15)26-2)11-17-19(25)24-20(28-17)22-18(23-24)13-5-7-14(21)8-6-13/h4-11H,3H2,1-2H3. The number of hydrogen-bond acceptors (Lipinski definition) is 6. The van der Waals surface area contributed by atoms with Crippen LogP contribution in [0.15, 0.2) is 47.3 Å². The number of fused-ring (bicyclic) bond motifs is 1. The number of hydrogen-bond donors (Lipinski definition) is 0. The van der Waals surface area contributed by atoms with Crippen molar-refractivity contribution in [3.05, 3.63) is 68.7 Å². The van der Waals surface area contributed by atoms with E-state index in [-0.39, 0.29) is 11.4 Å². The van der Waals surface area contributed by atoms with Crippen molar-refractivity contribution in [2.24, 2.45) is 0 Å². The van der Waals surface area contributed by atoms with E-state index in [2.05, 4.69) is 10.1 Å². The van der Waals surface area contributed by atoms with Crippen molar-refractivity contribution in [2.75, 3.05) is 13.7 Å². The van der Waals surface area contributed by atoms with Crippen LogP contribution < -0.4 is 19.6 Å². The highest BCUT2D eigenvalue weighted by Crippen LogP contribution is 2.28. The molecule has 0 spiro atoms. The summed E-state index contributed by atoms with van der Waals surface area (Å²) in [4.78, 5) is 17.6. The maximum absolute atomic E-state index is 13.1. The Morgan fingerprint density at radius 2 is 1.96 bits per heavy atom. The van der Waals surface area contributed by atoms with Crippen LogP contribution in [0.2, 0.25) is 0 Å². The summed E-state index contributed by atoms with van der Waals surface area (Å²) in [6, 6.07) is 11.3. The number of benzene rings is 2. The number of rotatable bonds is 5. The second-order valence-electron chi connectivity index (χ2n) is 5.90. The lowest BCUT2D eigenvalue weighted by molar-refractivity contribution is 0.311. The SMILES string of the molecule is CCOc1ccc(C=c2sc3nc(-c4ccc(F)cc4)nn3c2=O)cc1OC. The zero-order valence-electron chi connectivity index (χ0n) is 15.2. The summed E-state index contributed by atoms with van der Waals surface area (Å²) in [7, 11) is 1.57. The van der Waals surface area contributed by atoms with Crippen LogP contribution >= 0.6 is 11.3 Å². The van der Waals surface area contributed by atoms with Gasteiger partial charge in [0.2, 0.25) is 4.96 Å². The van der Waals surface area contributed by atoms with Gasteiger partial charge in [-0.1, -0.05) is 17.4 Å². The Kier molecular flexibility index (Phi) is 4.79. The third-order valence-electron chi connectivity index (χ3n) is 4.07. The topological polar surface area (TPSA) is 65.7 Å². The second kappa shape index (κ2) is 7.40. The molecule has 8 heteroatoms. The Morgan fingerprint density at radius 1 is 1.18 bits per heavy atom. The van der Waals surface area contributed by atoms with Gasteiger partial charge in [-0.3, -0.25) is 4.79 Å². The number of ether oxygens (including phenoxy) is 2. The molecule has 4 aromatic rings. The normalized spacial score (nSPS) is 11.9. The Bertz CT molecular complexity index is 1250. The molecule has 0 aliphatic heterocycles. The van der Waals surface area contributed by atoms with E-state index in [1.165, 1.54) is 28.0 Å². The van der Waals surface area contributed by atoms with E-state index in [0.717, 1.165) is 5.56 Å². The van der Waals surface area contributed by atoms with Crippen molar-refractivity contribution in [2.45, 2.75) is 6.92 Å². The quantitative estimate of drug-likeness (QED) is 0.518. The highest BCUT2D eigenvalue weighted by atomic mass is 32.1. The molecule has 0 atom stereocenters. The summed E-state index contributed by atoms with van der Waals surface area (Å²) in [5, 5.41) is 4.26. The van der Waals surface area contributed by atoms with E-state index in [1.54, 1.807) is 25.3 Å². The van der Waals surface area contributed by atoms with Gasteiger partial charge in [-0.15, -0.1) is 5.10 Å². The second-order valence-corrected chi connectivity index (χ2v) is 6.90. The summed E-state index contributed by atoms with van der Waals surface area (Å²) in [5.74, 6) is 1.30. The summed E-state index contributed by atoms with van der Waals surface area (Å²) in [6.07, 6.45) is 1.76. The Morgan fingerprint density at radius 3 is 2.64 bits per heavy atom. The molecule has 2 aromatic carbocycles. The molecular weight excluding hydrogens is 381 g/mol. The molecule has 0 amide bonds. The lowest BCUT2D eigenvalue weighted by Gasteiger charge is -2.09. The number of methoxy groups -OCH3 is 1. The molecule has 0 radical (unpaired) electrons. The van der Waals surface area contributed by atoms with Crippen molar-refractivity contribution < 1.29 is 13.9 Å². The molecule has 0 saturated carbocycles. The third-order valence-corrected chi connectivity index (χ3v) is 5.03. The lowest BCUT2D eigenvalue weighted by Crippen LogP contribution is -2.23. The van der Waals surface area contributed by atoms with E-state index in [0.29, 0.717) is 39.0 Å². The summed E-state index contributed by atoms with van der Waals surface area (Å²) >= 11 is 1.24. The van der Waals surface area contributed by atoms with Crippen LogP contribution in [0, 0.1) is 5.82 Å². The van der Waals surface area contributed by atoms with Gasteiger partial charge >= 0.3 is 0 Å². The predicted molar refractivity (Wildman–Crippen MR) is 105 cm³/mol. The van der Waals surface area contributed by atoms with Gasteiger partial charge in [-0.2, -0.15) is 9.50 Å². The van der Waals surface area contributed by atoms with E-state index >= 15 is 0 Å². The van der Waals surface area contributed by atoms with Crippen LogP contribution in [0.3, 0.4) is 0 Å². The van der Waals surface area contributed by atoms with Crippen molar-refractivity contribution in [1.29, 1.82) is 0 Å². The molecule has 0 unspecified atom stereocenters. The first-order valence-corrected chi connectivity index (χ1v) is 9.38. The van der Waals surface area contributed by atoms with Gasteiger partial charge in [0.25, 0.3) is 5.56 Å². The first-order chi connectivity index (χ1) is 13.6. The average molecular weight is 397 g/mol. The van der Waals surface area contributed by atoms with Gasteiger partial charge in [-0.05, 0) is 55.0 Å². The molecule has 4 rings (SSSR count). The molecule has 2 heterocycles. The minimum atomic E-state index is -0.336. The van der Waals surface area contributed by atoms with Crippen LogP contribution in [0.1, 0.15) is 12.5 Å². The fraction of sp³-hybridized carbons (Fsp3) is 0.150. The Labute approximate surface area is 163 Å². The third kappa shape index (κ3) is 3.34. The molecule has 0 bridgehead atoms. The number of thiazole rings is 1. The molecule has 0 aliphatic carbocycles.